The van der Waals surface area contributed by atoms with Crippen LogP contribution in [0.1, 0.15) is 22.8 Å². The smallest absolute Gasteiger partial charge is 0.159 e. The van der Waals surface area contributed by atoms with E-state index in [2.05, 4.69) is 15.9 Å². The van der Waals surface area contributed by atoms with Crippen LogP contribution in [0.2, 0.25) is 0 Å². The van der Waals surface area contributed by atoms with Gasteiger partial charge in [-0.3, -0.25) is 4.79 Å². The molecule has 3 heteroatoms. The Morgan fingerprint density at radius 1 is 1.54 bits per heavy atom. The van der Waals surface area contributed by atoms with Crippen LogP contribution in [0.25, 0.3) is 0 Å². The van der Waals surface area contributed by atoms with Crippen LogP contribution in [0.3, 0.4) is 0 Å². The molecule has 0 radical (unpaired) electrons. The average Bonchev–Trinajstić information content (AvgIpc) is 2.03. The van der Waals surface area contributed by atoms with Gasteiger partial charge in [0.05, 0.1) is 12.5 Å². The Kier molecular flexibility index (Phi) is 3.21. The predicted octanol–water partition coefficient (Wildman–Crippen LogP) is 2.72. The quantitative estimate of drug-likeness (QED) is 0.743. The second kappa shape index (κ2) is 4.20. The largest absolute Gasteiger partial charge is 0.295 e. The van der Waals surface area contributed by atoms with Crippen LogP contribution in [0.15, 0.2) is 22.7 Å². The van der Waals surface area contributed by atoms with E-state index in [4.69, 9.17) is 5.26 Å². The minimum absolute atomic E-state index is 0.0143. The molecule has 0 heterocycles. The topological polar surface area (TPSA) is 40.9 Å². The summed E-state index contributed by atoms with van der Waals surface area (Å²) < 4.78 is 0.838. The highest BCUT2D eigenvalue weighted by Crippen LogP contribution is 2.16. The zero-order valence-corrected chi connectivity index (χ0v) is 8.76. The third-order valence-corrected chi connectivity index (χ3v) is 2.11. The van der Waals surface area contributed by atoms with Crippen molar-refractivity contribution < 1.29 is 4.79 Å². The number of hydrogen-bond donors (Lipinski definition) is 0. The van der Waals surface area contributed by atoms with Gasteiger partial charge in [-0.1, -0.05) is 15.9 Å². The van der Waals surface area contributed by atoms with Crippen molar-refractivity contribution >= 4 is 21.7 Å². The molecule has 0 N–H and O–H groups in total. The van der Waals surface area contributed by atoms with E-state index in [0.29, 0.717) is 12.0 Å². The first kappa shape index (κ1) is 9.94. The van der Waals surface area contributed by atoms with Crippen LogP contribution < -0.4 is 0 Å². The molecular weight excluding hydrogens is 230 g/mol. The van der Waals surface area contributed by atoms with Crippen molar-refractivity contribution in [1.29, 1.82) is 5.26 Å². The molecule has 0 bridgehead atoms. The first-order valence-corrected chi connectivity index (χ1v) is 4.60. The van der Waals surface area contributed by atoms with Gasteiger partial charge in [-0.05, 0) is 30.7 Å². The van der Waals surface area contributed by atoms with Crippen LogP contribution >= 0.6 is 15.9 Å². The Morgan fingerprint density at radius 3 is 2.77 bits per heavy atom. The molecule has 0 amide bonds. The fraction of sp³-hybridized carbons (Fsp3) is 0.200. The van der Waals surface area contributed by atoms with Gasteiger partial charge in [-0.25, -0.2) is 0 Å². The van der Waals surface area contributed by atoms with E-state index in [9.17, 15) is 4.79 Å². The van der Waals surface area contributed by atoms with Gasteiger partial charge >= 0.3 is 0 Å². The Balaban J connectivity index is 3.12. The first-order valence-electron chi connectivity index (χ1n) is 3.81. The van der Waals surface area contributed by atoms with Crippen LogP contribution in [0.4, 0.5) is 0 Å². The van der Waals surface area contributed by atoms with Crippen LogP contribution in [0, 0.1) is 11.3 Å². The number of benzene rings is 1. The number of carbonyl (C=O) groups excluding carboxylic acids is 1. The fourth-order valence-corrected chi connectivity index (χ4v) is 1.59. The van der Waals surface area contributed by atoms with Crippen LogP contribution in [-0.4, -0.2) is 5.78 Å². The molecule has 13 heavy (non-hydrogen) atoms. The molecule has 1 aromatic carbocycles. The molecule has 2 nitrogen and oxygen atoms in total. The lowest BCUT2D eigenvalue weighted by molar-refractivity contribution is 0.101. The molecule has 0 aliphatic heterocycles. The highest BCUT2D eigenvalue weighted by molar-refractivity contribution is 9.10. The second-order valence-electron chi connectivity index (χ2n) is 2.74. The number of rotatable bonds is 2. The summed E-state index contributed by atoms with van der Waals surface area (Å²) in [5.74, 6) is 0.0143. The zero-order chi connectivity index (χ0) is 9.84. The molecule has 0 saturated carbocycles. The number of nitrogens with zero attached hydrogens (tertiary/aromatic N) is 1. The molecule has 0 atom stereocenters. The van der Waals surface area contributed by atoms with E-state index in [0.717, 1.165) is 10.0 Å². The number of Topliss-reactive ketones (excluding diaryl/α,β-unsaturated/α-hetero) is 1. The van der Waals surface area contributed by atoms with Gasteiger partial charge in [0.1, 0.15) is 0 Å². The molecule has 0 fully saturated rings. The maximum Gasteiger partial charge on any atom is 0.159 e. The van der Waals surface area contributed by atoms with Gasteiger partial charge in [-0.15, -0.1) is 0 Å². The summed E-state index contributed by atoms with van der Waals surface area (Å²) in [5, 5.41) is 8.49. The van der Waals surface area contributed by atoms with E-state index >= 15 is 0 Å². The Morgan fingerprint density at radius 2 is 2.23 bits per heavy atom. The highest BCUT2D eigenvalue weighted by atomic mass is 79.9. The van der Waals surface area contributed by atoms with E-state index in [1.165, 1.54) is 6.92 Å². The van der Waals surface area contributed by atoms with Crippen molar-refractivity contribution in [3.05, 3.63) is 33.8 Å². The molecule has 0 unspecified atom stereocenters. The number of hydrogen-bond acceptors (Lipinski definition) is 2. The molecule has 1 rings (SSSR count). The summed E-state index contributed by atoms with van der Waals surface area (Å²) in [6.07, 6.45) is 0.333. The van der Waals surface area contributed by atoms with Crippen molar-refractivity contribution in [2.75, 3.05) is 0 Å². The number of nitriles is 1. The summed E-state index contributed by atoms with van der Waals surface area (Å²) in [5.41, 5.74) is 1.50. The maximum atomic E-state index is 11.1. The molecule has 0 spiro atoms. The SMILES string of the molecule is CC(=O)c1cc(Br)cc(CC#N)c1. The Hall–Kier alpha value is -1.14. The molecule has 0 saturated heterocycles. The van der Waals surface area contributed by atoms with E-state index in [1.54, 1.807) is 12.1 Å². The van der Waals surface area contributed by atoms with Crippen molar-refractivity contribution in [2.45, 2.75) is 13.3 Å². The lowest BCUT2D eigenvalue weighted by atomic mass is 10.1. The second-order valence-corrected chi connectivity index (χ2v) is 3.65. The monoisotopic (exact) mass is 237 g/mol. The molecule has 0 aliphatic rings. The summed E-state index contributed by atoms with van der Waals surface area (Å²) in [6, 6.07) is 7.39. The lowest BCUT2D eigenvalue weighted by Crippen LogP contribution is -1.94. The lowest BCUT2D eigenvalue weighted by Gasteiger charge is -2.00. The molecule has 0 aromatic heterocycles. The van der Waals surface area contributed by atoms with Crippen LogP contribution in [-0.2, 0) is 6.42 Å². The standard InChI is InChI=1S/C10H8BrNO/c1-7(13)9-4-8(2-3-12)5-10(11)6-9/h4-6H,2H2,1H3. The van der Waals surface area contributed by atoms with E-state index < -0.39 is 0 Å². The summed E-state index contributed by atoms with van der Waals surface area (Å²) >= 11 is 3.29. The zero-order valence-electron chi connectivity index (χ0n) is 7.17. The van der Waals surface area contributed by atoms with Gasteiger partial charge in [0.15, 0.2) is 5.78 Å². The molecular formula is C10H8BrNO. The van der Waals surface area contributed by atoms with Crippen molar-refractivity contribution in [3.63, 3.8) is 0 Å². The number of ketones is 1. The normalized spacial score (nSPS) is 9.31. The average molecular weight is 238 g/mol. The minimum Gasteiger partial charge on any atom is -0.295 e. The fourth-order valence-electron chi connectivity index (χ4n) is 1.05. The van der Waals surface area contributed by atoms with E-state index in [1.807, 2.05) is 12.1 Å². The van der Waals surface area contributed by atoms with Crippen molar-refractivity contribution in [3.8, 4) is 6.07 Å². The summed E-state index contributed by atoms with van der Waals surface area (Å²) in [4.78, 5) is 11.1. The Labute approximate surface area is 85.3 Å². The Bertz CT molecular complexity index is 379. The van der Waals surface area contributed by atoms with Crippen molar-refractivity contribution in [1.82, 2.24) is 0 Å². The highest BCUT2D eigenvalue weighted by Gasteiger charge is 2.02. The van der Waals surface area contributed by atoms with Crippen molar-refractivity contribution in [2.24, 2.45) is 0 Å². The molecule has 1 aromatic rings. The molecule has 66 valence electrons. The van der Waals surface area contributed by atoms with Gasteiger partial charge in [0, 0.05) is 10.0 Å². The third-order valence-electron chi connectivity index (χ3n) is 1.65. The van der Waals surface area contributed by atoms with Crippen LogP contribution in [0.5, 0.6) is 0 Å². The molecule has 0 aliphatic carbocycles. The third kappa shape index (κ3) is 2.67. The number of carbonyl (C=O) groups is 1. The minimum atomic E-state index is 0.0143. The predicted molar refractivity (Wildman–Crippen MR) is 53.5 cm³/mol. The first-order chi connectivity index (χ1) is 6.13. The van der Waals surface area contributed by atoms with Gasteiger partial charge in [-0.2, -0.15) is 5.26 Å². The number of halogens is 1. The van der Waals surface area contributed by atoms with Gasteiger partial charge in [0.25, 0.3) is 0 Å². The van der Waals surface area contributed by atoms with Gasteiger partial charge < -0.3 is 0 Å². The summed E-state index contributed by atoms with van der Waals surface area (Å²) in [6.45, 7) is 1.51. The van der Waals surface area contributed by atoms with Gasteiger partial charge in [0.2, 0.25) is 0 Å². The maximum absolute atomic E-state index is 11.1. The van der Waals surface area contributed by atoms with E-state index in [-0.39, 0.29) is 5.78 Å². The summed E-state index contributed by atoms with van der Waals surface area (Å²) in [7, 11) is 0.